The summed E-state index contributed by atoms with van der Waals surface area (Å²) in [6, 6.07) is 0. The summed E-state index contributed by atoms with van der Waals surface area (Å²) in [5.41, 5.74) is 0. The number of carboxylic acid groups (broad SMARTS) is 3. The van der Waals surface area contributed by atoms with Gasteiger partial charge >= 0.3 is 49.4 Å². The van der Waals surface area contributed by atoms with Crippen molar-refractivity contribution in [2.24, 2.45) is 0 Å². The molecule has 0 rings (SSSR count). The van der Waals surface area contributed by atoms with Crippen molar-refractivity contribution in [1.29, 1.82) is 0 Å². The van der Waals surface area contributed by atoms with Crippen molar-refractivity contribution in [3.8, 4) is 0 Å². The first-order valence-electron chi connectivity index (χ1n) is 4.60. The van der Waals surface area contributed by atoms with Crippen molar-refractivity contribution >= 4 is 17.9 Å². The van der Waals surface area contributed by atoms with Gasteiger partial charge in [0.2, 0.25) is 0 Å². The van der Waals surface area contributed by atoms with E-state index in [1.807, 2.05) is 0 Å². The molecule has 0 aromatic heterocycles. The summed E-state index contributed by atoms with van der Waals surface area (Å²) in [5, 5.41) is 51.9. The number of aliphatic hydroxyl groups is 3. The zero-order valence-corrected chi connectivity index (χ0v) is 12.8. The minimum atomic E-state index is -1.44. The predicted octanol–water partition coefficient (Wildman–Crippen LogP) is -5.65. The molecule has 0 fully saturated rings. The molecule has 3 atom stereocenters. The maximum absolute atomic E-state index is 9.34. The van der Waals surface area contributed by atoms with Crippen molar-refractivity contribution in [2.75, 3.05) is 0 Å². The van der Waals surface area contributed by atoms with Gasteiger partial charge in [-0.2, -0.15) is 0 Å². The average Bonchev–Trinajstić information content (AvgIpc) is 2.18. The fourth-order valence-corrected chi connectivity index (χ4v) is 0. The molecule has 0 bridgehead atoms. The third kappa shape index (κ3) is 31.9. The fraction of sp³-hybridized carbons (Fsp3) is 0.667. The number of carbonyl (C=O) groups is 3. The Kier molecular flexibility index (Phi) is 22.9. The van der Waals surface area contributed by atoms with Gasteiger partial charge in [0.1, 0.15) is 0 Å². The molecular weight excluding hydrogens is 404 g/mol. The van der Waals surface area contributed by atoms with Crippen molar-refractivity contribution in [2.45, 2.75) is 39.1 Å². The van der Waals surface area contributed by atoms with Crippen LogP contribution >= 0.6 is 0 Å². The summed E-state index contributed by atoms with van der Waals surface area (Å²) in [6.45, 7) is 3.40. The molecule has 3 unspecified atom stereocenters. The van der Waals surface area contributed by atoms with Crippen molar-refractivity contribution < 1.29 is 94.4 Å². The second-order valence-electron chi connectivity index (χ2n) is 2.99. The van der Waals surface area contributed by atoms with Crippen LogP contribution < -0.4 is 15.3 Å². The molecule has 19 heavy (non-hydrogen) atoms. The molecule has 3 N–H and O–H groups in total. The molecule has 0 spiro atoms. The van der Waals surface area contributed by atoms with E-state index in [2.05, 4.69) is 0 Å². The van der Waals surface area contributed by atoms with Crippen LogP contribution in [0, 0.1) is 49.4 Å². The molecule has 0 aliphatic carbocycles. The number of aliphatic hydroxyl groups excluding tert-OH is 3. The normalized spacial score (nSPS) is 12.9. The molecule has 0 saturated heterocycles. The SMILES string of the molecule is CC(O)C(=O)[O-].CC(O)C(=O)[O-].CC(O)C(=O)[O-].[Eu+3]. The number of hydrogen-bond acceptors (Lipinski definition) is 9. The van der Waals surface area contributed by atoms with Crippen LogP contribution in [-0.2, 0) is 14.4 Å². The summed E-state index contributed by atoms with van der Waals surface area (Å²) in [7, 11) is 0. The molecule has 0 amide bonds. The quantitative estimate of drug-likeness (QED) is 0.402. The van der Waals surface area contributed by atoms with E-state index in [9.17, 15) is 29.7 Å². The summed E-state index contributed by atoms with van der Waals surface area (Å²) in [5.74, 6) is -4.31. The average molecular weight is 419 g/mol. The maximum atomic E-state index is 9.34. The van der Waals surface area contributed by atoms with Crippen LogP contribution in [0.25, 0.3) is 0 Å². The molecular formula is C9H15EuO9. The smallest absolute Gasteiger partial charge is 0.547 e. The molecule has 0 aromatic rings. The number of aliphatic carboxylic acids is 3. The van der Waals surface area contributed by atoms with Gasteiger partial charge in [0.15, 0.2) is 0 Å². The first kappa shape index (κ1) is 27.3. The molecule has 0 radical (unpaired) electrons. The Morgan fingerprint density at radius 2 is 0.737 bits per heavy atom. The first-order chi connectivity index (χ1) is 7.93. The second-order valence-corrected chi connectivity index (χ2v) is 2.99. The van der Waals surface area contributed by atoms with Gasteiger partial charge in [-0.1, -0.05) is 0 Å². The summed E-state index contributed by atoms with van der Waals surface area (Å²) in [4.78, 5) is 28.0. The van der Waals surface area contributed by atoms with Gasteiger partial charge in [-0.15, -0.1) is 0 Å². The van der Waals surface area contributed by atoms with Gasteiger partial charge in [-0.3, -0.25) is 0 Å². The summed E-state index contributed by atoms with van der Waals surface area (Å²) >= 11 is 0. The Hall–Kier alpha value is -0.126. The van der Waals surface area contributed by atoms with E-state index in [1.54, 1.807) is 0 Å². The number of carboxylic acids is 3. The standard InChI is InChI=1S/3C3H6O3.Eu/c3*1-2(4)3(5)6;/h3*2,4H,1H3,(H,5,6);/q;;;+3/p-3. The van der Waals surface area contributed by atoms with Crippen LogP contribution in [0.5, 0.6) is 0 Å². The largest absolute Gasteiger partial charge is 3.00 e. The zero-order valence-electron chi connectivity index (χ0n) is 10.4. The molecule has 9 nitrogen and oxygen atoms in total. The third-order valence-electron chi connectivity index (χ3n) is 1.02. The molecule has 0 aliphatic heterocycles. The fourth-order valence-electron chi connectivity index (χ4n) is 0. The van der Waals surface area contributed by atoms with Crippen molar-refractivity contribution in [1.82, 2.24) is 0 Å². The Morgan fingerprint density at radius 1 is 0.684 bits per heavy atom. The van der Waals surface area contributed by atoms with Gasteiger partial charge in [0.05, 0.1) is 36.2 Å². The van der Waals surface area contributed by atoms with Crippen LogP contribution in [0.2, 0.25) is 0 Å². The minimum Gasteiger partial charge on any atom is -0.547 e. The second kappa shape index (κ2) is 15.9. The van der Waals surface area contributed by atoms with E-state index in [0.717, 1.165) is 20.8 Å². The monoisotopic (exact) mass is 420 g/mol. The van der Waals surface area contributed by atoms with E-state index in [1.165, 1.54) is 0 Å². The van der Waals surface area contributed by atoms with Crippen LogP contribution in [-0.4, -0.2) is 51.5 Å². The number of carbonyl (C=O) groups excluding carboxylic acids is 3. The van der Waals surface area contributed by atoms with Gasteiger partial charge in [-0.25, -0.2) is 0 Å². The van der Waals surface area contributed by atoms with E-state index in [-0.39, 0.29) is 49.4 Å². The molecule has 10 heteroatoms. The molecule has 0 saturated carbocycles. The Morgan fingerprint density at radius 3 is 0.737 bits per heavy atom. The molecule has 112 valence electrons. The van der Waals surface area contributed by atoms with E-state index < -0.39 is 36.2 Å². The summed E-state index contributed by atoms with van der Waals surface area (Å²) < 4.78 is 0. The topological polar surface area (TPSA) is 181 Å². The van der Waals surface area contributed by atoms with Crippen molar-refractivity contribution in [3.05, 3.63) is 0 Å². The number of hydrogen-bond donors (Lipinski definition) is 3. The van der Waals surface area contributed by atoms with Crippen LogP contribution in [0.15, 0.2) is 0 Å². The van der Waals surface area contributed by atoms with Gasteiger partial charge in [0.25, 0.3) is 0 Å². The molecule has 0 heterocycles. The van der Waals surface area contributed by atoms with Crippen LogP contribution in [0.4, 0.5) is 0 Å². The minimum absolute atomic E-state index is 0. The van der Waals surface area contributed by atoms with Crippen LogP contribution in [0.1, 0.15) is 20.8 Å². The van der Waals surface area contributed by atoms with Crippen LogP contribution in [0.3, 0.4) is 0 Å². The first-order valence-corrected chi connectivity index (χ1v) is 4.60. The van der Waals surface area contributed by atoms with Gasteiger partial charge < -0.3 is 45.0 Å². The molecule has 0 aliphatic rings. The van der Waals surface area contributed by atoms with Gasteiger partial charge in [-0.05, 0) is 20.8 Å². The van der Waals surface area contributed by atoms with E-state index >= 15 is 0 Å². The Labute approximate surface area is 150 Å². The van der Waals surface area contributed by atoms with E-state index in [4.69, 9.17) is 15.3 Å². The van der Waals surface area contributed by atoms with Crippen molar-refractivity contribution in [3.63, 3.8) is 0 Å². The van der Waals surface area contributed by atoms with Gasteiger partial charge in [0, 0.05) is 0 Å². The zero-order chi connectivity index (χ0) is 15.5. The number of rotatable bonds is 3. The maximum Gasteiger partial charge on any atom is 3.00 e. The Balaban J connectivity index is -0.0000000865. The molecule has 0 aromatic carbocycles. The Bertz CT molecular complexity index is 220. The summed E-state index contributed by atoms with van der Waals surface area (Å²) in [6.07, 6.45) is -4.03. The van der Waals surface area contributed by atoms with E-state index in [0.29, 0.717) is 0 Å². The predicted molar refractivity (Wildman–Crippen MR) is 50.1 cm³/mol. The third-order valence-corrected chi connectivity index (χ3v) is 1.02.